The van der Waals surface area contributed by atoms with Crippen LogP contribution in [0.5, 0.6) is 0 Å². The summed E-state index contributed by atoms with van der Waals surface area (Å²) in [6.07, 6.45) is 1.03. The molecule has 0 amide bonds. The van der Waals surface area contributed by atoms with E-state index in [9.17, 15) is 0 Å². The van der Waals surface area contributed by atoms with Crippen molar-refractivity contribution >= 4 is 10.9 Å². The van der Waals surface area contributed by atoms with E-state index in [4.69, 9.17) is 5.26 Å². The second-order valence-corrected chi connectivity index (χ2v) is 4.29. The maximum absolute atomic E-state index is 8.88. The van der Waals surface area contributed by atoms with Crippen molar-refractivity contribution in [1.29, 1.82) is 5.26 Å². The van der Waals surface area contributed by atoms with Gasteiger partial charge in [-0.2, -0.15) is 5.26 Å². The minimum absolute atomic E-state index is 0.239. The lowest BCUT2D eigenvalue weighted by Crippen LogP contribution is -1.83. The van der Waals surface area contributed by atoms with E-state index in [-0.39, 0.29) is 5.92 Å². The second kappa shape index (κ2) is 2.87. The number of benzene rings is 1. The van der Waals surface area contributed by atoms with E-state index in [0.29, 0.717) is 5.92 Å². The van der Waals surface area contributed by atoms with Crippen molar-refractivity contribution in [2.45, 2.75) is 19.3 Å². The summed E-state index contributed by atoms with van der Waals surface area (Å²) in [5.41, 5.74) is 3.77. The highest BCUT2D eigenvalue weighted by Crippen LogP contribution is 2.50. The molecule has 1 heterocycles. The molecular weight excluding hydrogens is 184 g/mol. The summed E-state index contributed by atoms with van der Waals surface area (Å²) in [6.45, 7) is 2.10. The Morgan fingerprint density at radius 3 is 2.93 bits per heavy atom. The molecule has 1 aliphatic carbocycles. The van der Waals surface area contributed by atoms with E-state index in [2.05, 4.69) is 36.2 Å². The maximum Gasteiger partial charge on any atom is 0.0662 e. The van der Waals surface area contributed by atoms with Crippen LogP contribution in [0.1, 0.15) is 23.6 Å². The van der Waals surface area contributed by atoms with Gasteiger partial charge in [0.25, 0.3) is 0 Å². The van der Waals surface area contributed by atoms with E-state index in [0.717, 1.165) is 6.42 Å². The summed E-state index contributed by atoms with van der Waals surface area (Å²) in [5, 5.41) is 10.2. The highest BCUT2D eigenvalue weighted by atomic mass is 14.7. The molecule has 74 valence electrons. The molecule has 0 radical (unpaired) electrons. The van der Waals surface area contributed by atoms with E-state index in [1.807, 2.05) is 6.07 Å². The van der Waals surface area contributed by atoms with Crippen LogP contribution in [0.2, 0.25) is 0 Å². The van der Waals surface area contributed by atoms with Crippen LogP contribution in [0, 0.1) is 24.2 Å². The molecular formula is C13H12N2. The van der Waals surface area contributed by atoms with Crippen LogP contribution in [0.3, 0.4) is 0 Å². The van der Waals surface area contributed by atoms with Crippen molar-refractivity contribution in [3.05, 3.63) is 35.5 Å². The number of aryl methyl sites for hydroxylation is 1. The highest BCUT2D eigenvalue weighted by molar-refractivity contribution is 5.85. The van der Waals surface area contributed by atoms with Gasteiger partial charge in [-0.05, 0) is 25.0 Å². The number of nitrogens with zero attached hydrogens (tertiary/aromatic N) is 1. The zero-order chi connectivity index (χ0) is 10.4. The van der Waals surface area contributed by atoms with E-state index in [1.165, 1.54) is 22.2 Å². The van der Waals surface area contributed by atoms with Crippen molar-refractivity contribution in [2.24, 2.45) is 5.92 Å². The molecule has 2 atom stereocenters. The van der Waals surface area contributed by atoms with Gasteiger partial charge in [0.1, 0.15) is 0 Å². The largest absolute Gasteiger partial charge is 0.358 e. The fourth-order valence-electron chi connectivity index (χ4n) is 2.43. The van der Waals surface area contributed by atoms with Crippen molar-refractivity contribution in [3.8, 4) is 6.07 Å². The lowest BCUT2D eigenvalue weighted by molar-refractivity contribution is 1.01. The zero-order valence-corrected chi connectivity index (χ0v) is 8.62. The lowest BCUT2D eigenvalue weighted by Gasteiger charge is -1.96. The summed E-state index contributed by atoms with van der Waals surface area (Å²) in [6, 6.07) is 10.7. The maximum atomic E-state index is 8.88. The van der Waals surface area contributed by atoms with E-state index in [1.54, 1.807) is 0 Å². The number of aromatic amines is 1. The monoisotopic (exact) mass is 196 g/mol. The van der Waals surface area contributed by atoms with Gasteiger partial charge < -0.3 is 4.98 Å². The third kappa shape index (κ3) is 1.16. The number of hydrogen-bond donors (Lipinski definition) is 1. The molecule has 2 nitrogen and oxygen atoms in total. The zero-order valence-electron chi connectivity index (χ0n) is 8.62. The smallest absolute Gasteiger partial charge is 0.0662 e. The molecule has 3 rings (SSSR count). The Morgan fingerprint density at radius 1 is 1.40 bits per heavy atom. The van der Waals surface area contributed by atoms with Crippen molar-refractivity contribution < 1.29 is 0 Å². The van der Waals surface area contributed by atoms with Gasteiger partial charge in [-0.1, -0.05) is 18.2 Å². The Kier molecular flexibility index (Phi) is 1.63. The molecule has 1 aliphatic rings. The molecule has 1 saturated carbocycles. The number of H-pyrrole nitrogens is 1. The van der Waals surface area contributed by atoms with Crippen LogP contribution in [0.4, 0.5) is 0 Å². The third-order valence-corrected chi connectivity index (χ3v) is 3.27. The predicted octanol–water partition coefficient (Wildman–Crippen LogP) is 3.10. The number of nitriles is 1. The molecule has 1 fully saturated rings. The van der Waals surface area contributed by atoms with Gasteiger partial charge in [0.2, 0.25) is 0 Å². The quantitative estimate of drug-likeness (QED) is 0.747. The Labute approximate surface area is 88.5 Å². The molecule has 0 bridgehead atoms. The van der Waals surface area contributed by atoms with E-state index >= 15 is 0 Å². The summed E-state index contributed by atoms with van der Waals surface area (Å²) < 4.78 is 0. The predicted molar refractivity (Wildman–Crippen MR) is 59.5 cm³/mol. The van der Waals surface area contributed by atoms with Gasteiger partial charge >= 0.3 is 0 Å². The minimum Gasteiger partial charge on any atom is -0.358 e. The lowest BCUT2D eigenvalue weighted by atomic mass is 10.1. The fraction of sp³-hybridized carbons (Fsp3) is 0.308. The normalized spacial score (nSPS) is 24.0. The topological polar surface area (TPSA) is 39.6 Å². The molecule has 15 heavy (non-hydrogen) atoms. The molecule has 1 aromatic carbocycles. The minimum atomic E-state index is 0.239. The van der Waals surface area contributed by atoms with Gasteiger partial charge in [0.15, 0.2) is 0 Å². The summed E-state index contributed by atoms with van der Waals surface area (Å²) >= 11 is 0. The van der Waals surface area contributed by atoms with Crippen LogP contribution < -0.4 is 0 Å². The Morgan fingerprint density at radius 2 is 2.20 bits per heavy atom. The molecule has 1 N–H and O–H groups in total. The standard InChI is InChI=1S/C13H12N2/c1-8-13(11-6-9(11)7-14)10-4-2-3-5-12(10)15-8/h2-5,9,11,15H,6H2,1H3. The van der Waals surface area contributed by atoms with Gasteiger partial charge in [0, 0.05) is 22.5 Å². The number of nitrogens with one attached hydrogen (secondary N) is 1. The molecule has 2 heteroatoms. The number of hydrogen-bond acceptors (Lipinski definition) is 1. The fourth-order valence-corrected chi connectivity index (χ4v) is 2.43. The Hall–Kier alpha value is -1.75. The molecule has 0 aliphatic heterocycles. The van der Waals surface area contributed by atoms with Gasteiger partial charge in [0.05, 0.1) is 12.0 Å². The van der Waals surface area contributed by atoms with E-state index < -0.39 is 0 Å². The van der Waals surface area contributed by atoms with Gasteiger partial charge in [-0.25, -0.2) is 0 Å². The van der Waals surface area contributed by atoms with Crippen LogP contribution in [-0.2, 0) is 0 Å². The van der Waals surface area contributed by atoms with Crippen LogP contribution in [0.15, 0.2) is 24.3 Å². The Balaban J connectivity index is 2.18. The van der Waals surface area contributed by atoms with Gasteiger partial charge in [-0.15, -0.1) is 0 Å². The number of para-hydroxylation sites is 1. The average molecular weight is 196 g/mol. The molecule has 2 unspecified atom stereocenters. The molecule has 0 saturated heterocycles. The number of rotatable bonds is 1. The molecule has 0 spiro atoms. The highest BCUT2D eigenvalue weighted by Gasteiger charge is 2.40. The summed E-state index contributed by atoms with van der Waals surface area (Å²) in [5.74, 6) is 0.703. The third-order valence-electron chi connectivity index (χ3n) is 3.27. The van der Waals surface area contributed by atoms with Crippen LogP contribution in [-0.4, -0.2) is 4.98 Å². The van der Waals surface area contributed by atoms with Crippen molar-refractivity contribution in [2.75, 3.05) is 0 Å². The first-order valence-corrected chi connectivity index (χ1v) is 5.28. The van der Waals surface area contributed by atoms with Crippen molar-refractivity contribution in [3.63, 3.8) is 0 Å². The number of aromatic nitrogens is 1. The summed E-state index contributed by atoms with van der Waals surface area (Å²) in [7, 11) is 0. The first kappa shape index (κ1) is 8.55. The Bertz CT molecular complexity index is 559. The average Bonchev–Trinajstić information content (AvgIpc) is 2.93. The number of fused-ring (bicyclic) bond motifs is 1. The first-order chi connectivity index (χ1) is 7.31. The first-order valence-electron chi connectivity index (χ1n) is 5.28. The van der Waals surface area contributed by atoms with Crippen LogP contribution >= 0.6 is 0 Å². The van der Waals surface area contributed by atoms with Crippen LogP contribution in [0.25, 0.3) is 10.9 Å². The molecule has 1 aromatic heterocycles. The van der Waals surface area contributed by atoms with Crippen molar-refractivity contribution in [1.82, 2.24) is 4.98 Å². The second-order valence-electron chi connectivity index (χ2n) is 4.29. The SMILES string of the molecule is Cc1[nH]c2ccccc2c1C1CC1C#N. The summed E-state index contributed by atoms with van der Waals surface area (Å²) in [4.78, 5) is 3.38. The van der Waals surface area contributed by atoms with Gasteiger partial charge in [-0.3, -0.25) is 0 Å². The molecule has 2 aromatic rings.